The number of piperidine rings is 1. The number of carbonyl (C=O) groups excluding carboxylic acids is 1. The van der Waals surface area contributed by atoms with Crippen molar-refractivity contribution in [3.05, 3.63) is 47.5 Å². The van der Waals surface area contributed by atoms with E-state index in [4.69, 9.17) is 0 Å². The first kappa shape index (κ1) is 17.7. The normalized spacial score (nSPS) is 16.1. The molecule has 1 amide bonds. The number of hydrogen-bond donors (Lipinski definition) is 1. The second-order valence-corrected chi connectivity index (χ2v) is 7.19. The summed E-state index contributed by atoms with van der Waals surface area (Å²) in [5.74, 6) is 1.83. The largest absolute Gasteiger partial charge is 0.335 e. The number of nitrogens with zero attached hydrogens (tertiary/aromatic N) is 3. The van der Waals surface area contributed by atoms with Gasteiger partial charge in [0.1, 0.15) is 5.82 Å². The standard InChI is InChI=1S/C20H28N4O/c1-15-4-5-19(12-16(15)2)22-20(25)14-23-9-6-18(7-10-23)13-24-11-8-21-17(24)3/h4-5,8,11-12,18H,6-7,9-10,13-14H2,1-3H3,(H,22,25). The summed E-state index contributed by atoms with van der Waals surface area (Å²) in [6.45, 7) is 9.68. The number of hydrogen-bond acceptors (Lipinski definition) is 3. The molecule has 0 unspecified atom stereocenters. The average molecular weight is 340 g/mol. The molecule has 0 spiro atoms. The van der Waals surface area contributed by atoms with Crippen molar-refractivity contribution < 1.29 is 4.79 Å². The number of carbonyl (C=O) groups is 1. The Hall–Kier alpha value is -2.14. The second kappa shape index (κ2) is 7.83. The van der Waals surface area contributed by atoms with E-state index in [1.54, 1.807) is 0 Å². The monoisotopic (exact) mass is 340 g/mol. The van der Waals surface area contributed by atoms with Crippen LogP contribution in [0.2, 0.25) is 0 Å². The highest BCUT2D eigenvalue weighted by Gasteiger charge is 2.21. The number of imidazole rings is 1. The molecule has 0 bridgehead atoms. The molecular formula is C20H28N4O. The van der Waals surface area contributed by atoms with Crippen molar-refractivity contribution in [1.82, 2.24) is 14.5 Å². The summed E-state index contributed by atoms with van der Waals surface area (Å²) in [6.07, 6.45) is 6.18. The van der Waals surface area contributed by atoms with Gasteiger partial charge in [0.25, 0.3) is 0 Å². The Balaban J connectivity index is 1.44. The first-order chi connectivity index (χ1) is 12.0. The molecular weight excluding hydrogens is 312 g/mol. The van der Waals surface area contributed by atoms with E-state index in [0.717, 1.165) is 44.0 Å². The first-order valence-electron chi connectivity index (χ1n) is 9.08. The highest BCUT2D eigenvalue weighted by molar-refractivity contribution is 5.92. The zero-order chi connectivity index (χ0) is 17.8. The minimum atomic E-state index is 0.0761. The number of likely N-dealkylation sites (tertiary alicyclic amines) is 1. The van der Waals surface area contributed by atoms with Gasteiger partial charge in [-0.1, -0.05) is 6.07 Å². The van der Waals surface area contributed by atoms with Crippen LogP contribution in [0, 0.1) is 26.7 Å². The molecule has 5 nitrogen and oxygen atoms in total. The third-order valence-corrected chi connectivity index (χ3v) is 5.24. The molecule has 1 aromatic carbocycles. The molecule has 1 aromatic heterocycles. The molecule has 1 aliphatic heterocycles. The van der Waals surface area contributed by atoms with Crippen molar-refractivity contribution >= 4 is 11.6 Å². The summed E-state index contributed by atoms with van der Waals surface area (Å²) >= 11 is 0. The van der Waals surface area contributed by atoms with E-state index in [-0.39, 0.29) is 5.91 Å². The van der Waals surface area contributed by atoms with E-state index >= 15 is 0 Å². The summed E-state index contributed by atoms with van der Waals surface area (Å²) in [5, 5.41) is 3.02. The molecule has 2 aromatic rings. The highest BCUT2D eigenvalue weighted by atomic mass is 16.2. The van der Waals surface area contributed by atoms with Gasteiger partial charge in [-0.05, 0) is 75.9 Å². The van der Waals surface area contributed by atoms with Gasteiger partial charge < -0.3 is 9.88 Å². The molecule has 1 saturated heterocycles. The van der Waals surface area contributed by atoms with E-state index in [1.807, 2.05) is 25.3 Å². The van der Waals surface area contributed by atoms with Gasteiger partial charge in [-0.25, -0.2) is 4.98 Å². The third-order valence-electron chi connectivity index (χ3n) is 5.24. The van der Waals surface area contributed by atoms with E-state index in [0.29, 0.717) is 12.5 Å². The quantitative estimate of drug-likeness (QED) is 0.909. The molecule has 134 valence electrons. The van der Waals surface area contributed by atoms with Crippen molar-refractivity contribution in [2.75, 3.05) is 25.0 Å². The van der Waals surface area contributed by atoms with Gasteiger partial charge in [-0.2, -0.15) is 0 Å². The van der Waals surface area contributed by atoms with Crippen molar-refractivity contribution in [1.29, 1.82) is 0 Å². The number of nitrogens with one attached hydrogen (secondary N) is 1. The molecule has 2 heterocycles. The van der Waals surface area contributed by atoms with Crippen LogP contribution in [-0.4, -0.2) is 40.0 Å². The fourth-order valence-electron chi connectivity index (χ4n) is 3.42. The number of aromatic nitrogens is 2. The van der Waals surface area contributed by atoms with Crippen LogP contribution in [0.1, 0.15) is 29.8 Å². The van der Waals surface area contributed by atoms with Crippen LogP contribution < -0.4 is 5.32 Å². The van der Waals surface area contributed by atoms with Crippen LogP contribution in [0.3, 0.4) is 0 Å². The highest BCUT2D eigenvalue weighted by Crippen LogP contribution is 2.20. The Morgan fingerprint density at radius 3 is 2.60 bits per heavy atom. The SMILES string of the molecule is Cc1ccc(NC(=O)CN2CCC(Cn3ccnc3C)CC2)cc1C. The van der Waals surface area contributed by atoms with Crippen molar-refractivity contribution in [2.24, 2.45) is 5.92 Å². The molecule has 0 saturated carbocycles. The first-order valence-corrected chi connectivity index (χ1v) is 9.08. The third kappa shape index (κ3) is 4.69. The molecule has 0 aliphatic carbocycles. The molecule has 1 fully saturated rings. The lowest BCUT2D eigenvalue weighted by atomic mass is 9.96. The second-order valence-electron chi connectivity index (χ2n) is 7.19. The molecule has 5 heteroatoms. The lowest BCUT2D eigenvalue weighted by Crippen LogP contribution is -2.40. The fraction of sp³-hybridized carbons (Fsp3) is 0.500. The Kier molecular flexibility index (Phi) is 5.53. The van der Waals surface area contributed by atoms with Crippen LogP contribution in [-0.2, 0) is 11.3 Å². The zero-order valence-electron chi connectivity index (χ0n) is 15.5. The molecule has 1 aliphatic rings. The Labute approximate surface area is 150 Å². The predicted molar refractivity (Wildman–Crippen MR) is 101 cm³/mol. The lowest BCUT2D eigenvalue weighted by molar-refractivity contribution is -0.117. The predicted octanol–water partition coefficient (Wildman–Crippen LogP) is 3.16. The van der Waals surface area contributed by atoms with E-state index in [9.17, 15) is 4.79 Å². The molecule has 0 atom stereocenters. The van der Waals surface area contributed by atoms with Crippen LogP contribution in [0.15, 0.2) is 30.6 Å². The molecule has 3 rings (SSSR count). The number of amides is 1. The van der Waals surface area contributed by atoms with Crippen LogP contribution in [0.5, 0.6) is 0 Å². The summed E-state index contributed by atoms with van der Waals surface area (Å²) < 4.78 is 2.23. The summed E-state index contributed by atoms with van der Waals surface area (Å²) in [7, 11) is 0. The molecule has 25 heavy (non-hydrogen) atoms. The van der Waals surface area contributed by atoms with Gasteiger partial charge in [-0.15, -0.1) is 0 Å². The Bertz CT molecular complexity index is 729. The maximum atomic E-state index is 12.3. The van der Waals surface area contributed by atoms with Gasteiger partial charge in [0.2, 0.25) is 5.91 Å². The fourth-order valence-corrected chi connectivity index (χ4v) is 3.42. The Morgan fingerprint density at radius 2 is 1.96 bits per heavy atom. The maximum Gasteiger partial charge on any atom is 0.238 e. The minimum Gasteiger partial charge on any atom is -0.335 e. The lowest BCUT2D eigenvalue weighted by Gasteiger charge is -2.31. The van der Waals surface area contributed by atoms with Gasteiger partial charge in [0.05, 0.1) is 6.54 Å². The number of rotatable bonds is 5. The summed E-state index contributed by atoms with van der Waals surface area (Å²) in [5.41, 5.74) is 3.33. The van der Waals surface area contributed by atoms with Gasteiger partial charge in [0, 0.05) is 24.6 Å². The smallest absolute Gasteiger partial charge is 0.238 e. The Morgan fingerprint density at radius 1 is 1.20 bits per heavy atom. The zero-order valence-corrected chi connectivity index (χ0v) is 15.5. The van der Waals surface area contributed by atoms with Crippen molar-refractivity contribution in [2.45, 2.75) is 40.2 Å². The molecule has 1 N–H and O–H groups in total. The summed E-state index contributed by atoms with van der Waals surface area (Å²) in [4.78, 5) is 18.8. The van der Waals surface area contributed by atoms with E-state index in [1.165, 1.54) is 11.1 Å². The van der Waals surface area contributed by atoms with Crippen molar-refractivity contribution in [3.63, 3.8) is 0 Å². The van der Waals surface area contributed by atoms with Crippen LogP contribution in [0.25, 0.3) is 0 Å². The molecule has 0 radical (unpaired) electrons. The minimum absolute atomic E-state index is 0.0761. The van der Waals surface area contributed by atoms with Gasteiger partial charge in [0.15, 0.2) is 0 Å². The van der Waals surface area contributed by atoms with E-state index < -0.39 is 0 Å². The van der Waals surface area contributed by atoms with Crippen LogP contribution in [0.4, 0.5) is 5.69 Å². The number of benzene rings is 1. The number of anilines is 1. The van der Waals surface area contributed by atoms with Gasteiger partial charge >= 0.3 is 0 Å². The van der Waals surface area contributed by atoms with Gasteiger partial charge in [-0.3, -0.25) is 9.69 Å². The van der Waals surface area contributed by atoms with Crippen LogP contribution >= 0.6 is 0 Å². The van der Waals surface area contributed by atoms with E-state index in [2.05, 4.69) is 45.9 Å². The average Bonchev–Trinajstić information content (AvgIpc) is 2.98. The topological polar surface area (TPSA) is 50.2 Å². The summed E-state index contributed by atoms with van der Waals surface area (Å²) in [6, 6.07) is 6.06. The number of aryl methyl sites for hydroxylation is 3. The van der Waals surface area contributed by atoms with Crippen molar-refractivity contribution in [3.8, 4) is 0 Å². The maximum absolute atomic E-state index is 12.3.